The maximum absolute atomic E-state index is 13.0. The quantitative estimate of drug-likeness (QED) is 0.818. The first-order valence-electron chi connectivity index (χ1n) is 8.82. The van der Waals surface area contributed by atoms with Gasteiger partial charge in [0, 0.05) is 19.6 Å². The molecule has 138 valence electrons. The summed E-state index contributed by atoms with van der Waals surface area (Å²) in [5.74, 6) is -0.102. The predicted molar refractivity (Wildman–Crippen MR) is 94.7 cm³/mol. The summed E-state index contributed by atoms with van der Waals surface area (Å²) in [5, 5.41) is 0. The van der Waals surface area contributed by atoms with Gasteiger partial charge in [-0.15, -0.1) is 0 Å². The van der Waals surface area contributed by atoms with Gasteiger partial charge in [0.05, 0.1) is 17.1 Å². The highest BCUT2D eigenvalue weighted by Crippen LogP contribution is 2.28. The zero-order valence-electron chi connectivity index (χ0n) is 15.0. The van der Waals surface area contributed by atoms with E-state index in [0.29, 0.717) is 32.5 Å². The molecule has 7 heteroatoms. The first-order valence-corrected chi connectivity index (χ1v) is 10.3. The third-order valence-corrected chi connectivity index (χ3v) is 6.77. The summed E-state index contributed by atoms with van der Waals surface area (Å²) >= 11 is 0. The molecule has 3 atom stereocenters. The molecule has 0 bridgehead atoms. The van der Waals surface area contributed by atoms with Gasteiger partial charge in [-0.05, 0) is 45.7 Å². The Morgan fingerprint density at radius 2 is 1.72 bits per heavy atom. The van der Waals surface area contributed by atoms with Crippen molar-refractivity contribution in [3.8, 4) is 0 Å². The van der Waals surface area contributed by atoms with Crippen LogP contribution in [0.4, 0.5) is 0 Å². The Morgan fingerprint density at radius 3 is 2.32 bits per heavy atom. The molecule has 2 heterocycles. The number of morpholine rings is 1. The molecule has 25 heavy (non-hydrogen) atoms. The number of ether oxygens (including phenoxy) is 1. The fourth-order valence-electron chi connectivity index (χ4n) is 3.69. The fourth-order valence-corrected chi connectivity index (χ4v) is 5.34. The van der Waals surface area contributed by atoms with Crippen LogP contribution in [0.5, 0.6) is 0 Å². The summed E-state index contributed by atoms with van der Waals surface area (Å²) in [6.07, 6.45) is 1.22. The highest BCUT2D eigenvalue weighted by Gasteiger charge is 2.42. The Balaban J connectivity index is 1.82. The molecule has 1 amide bonds. The fraction of sp³-hybridized carbons (Fsp3) is 0.611. The van der Waals surface area contributed by atoms with Crippen molar-refractivity contribution in [2.45, 2.75) is 56.8 Å². The van der Waals surface area contributed by atoms with Crippen LogP contribution >= 0.6 is 0 Å². The third kappa shape index (κ3) is 3.73. The Labute approximate surface area is 149 Å². The second-order valence-electron chi connectivity index (χ2n) is 7.09. The van der Waals surface area contributed by atoms with Crippen LogP contribution in [0.25, 0.3) is 0 Å². The SMILES string of the molecule is Cc1ccc(S(=O)(=O)N2CCC[C@H]2C(=O)N2C[C@@H](C)O[C@@H](C)C2)cc1. The molecule has 1 aromatic rings. The number of sulfonamides is 1. The van der Waals surface area contributed by atoms with E-state index in [1.54, 1.807) is 29.2 Å². The zero-order chi connectivity index (χ0) is 18.2. The molecule has 0 aliphatic carbocycles. The lowest BCUT2D eigenvalue weighted by molar-refractivity contribution is -0.146. The van der Waals surface area contributed by atoms with Crippen LogP contribution in [0.3, 0.4) is 0 Å². The van der Waals surface area contributed by atoms with E-state index < -0.39 is 16.1 Å². The summed E-state index contributed by atoms with van der Waals surface area (Å²) in [5.41, 5.74) is 1.00. The monoisotopic (exact) mass is 366 g/mol. The lowest BCUT2D eigenvalue weighted by Gasteiger charge is -2.37. The minimum absolute atomic E-state index is 0.0312. The van der Waals surface area contributed by atoms with Crippen molar-refractivity contribution in [2.24, 2.45) is 0 Å². The largest absolute Gasteiger partial charge is 0.372 e. The number of carbonyl (C=O) groups is 1. The molecule has 2 saturated heterocycles. The molecular formula is C18H26N2O4S. The van der Waals surface area contributed by atoms with Crippen molar-refractivity contribution in [3.05, 3.63) is 29.8 Å². The van der Waals surface area contributed by atoms with Crippen molar-refractivity contribution in [2.75, 3.05) is 19.6 Å². The molecule has 1 aromatic carbocycles. The molecule has 3 rings (SSSR count). The number of hydrogen-bond acceptors (Lipinski definition) is 4. The van der Waals surface area contributed by atoms with Crippen LogP contribution in [0.2, 0.25) is 0 Å². The summed E-state index contributed by atoms with van der Waals surface area (Å²) in [6.45, 7) is 7.20. The summed E-state index contributed by atoms with van der Waals surface area (Å²) < 4.78 is 33.1. The Hall–Kier alpha value is -1.44. The molecule has 0 saturated carbocycles. The van der Waals surface area contributed by atoms with Gasteiger partial charge in [0.1, 0.15) is 6.04 Å². The highest BCUT2D eigenvalue weighted by atomic mass is 32.2. The molecular weight excluding hydrogens is 340 g/mol. The molecule has 2 aliphatic heterocycles. The molecule has 0 spiro atoms. The van der Waals surface area contributed by atoms with Gasteiger partial charge < -0.3 is 9.64 Å². The maximum atomic E-state index is 13.0. The summed E-state index contributed by atoms with van der Waals surface area (Å²) in [4.78, 5) is 15.0. The highest BCUT2D eigenvalue weighted by molar-refractivity contribution is 7.89. The first kappa shape index (κ1) is 18.4. The minimum atomic E-state index is -3.66. The minimum Gasteiger partial charge on any atom is -0.372 e. The van der Waals surface area contributed by atoms with Gasteiger partial charge in [0.15, 0.2) is 0 Å². The van der Waals surface area contributed by atoms with E-state index in [0.717, 1.165) is 5.56 Å². The van der Waals surface area contributed by atoms with Crippen molar-refractivity contribution in [1.29, 1.82) is 0 Å². The Bertz CT molecular complexity index is 722. The van der Waals surface area contributed by atoms with Gasteiger partial charge in [-0.2, -0.15) is 4.31 Å². The van der Waals surface area contributed by atoms with E-state index in [9.17, 15) is 13.2 Å². The Kier molecular flexibility index (Phi) is 5.18. The summed E-state index contributed by atoms with van der Waals surface area (Å²) in [7, 11) is -3.66. The summed E-state index contributed by atoms with van der Waals surface area (Å²) in [6, 6.07) is 6.19. The number of carbonyl (C=O) groups excluding carboxylic acids is 1. The molecule has 6 nitrogen and oxygen atoms in total. The van der Waals surface area contributed by atoms with E-state index in [1.165, 1.54) is 4.31 Å². The van der Waals surface area contributed by atoms with Gasteiger partial charge >= 0.3 is 0 Å². The van der Waals surface area contributed by atoms with Crippen molar-refractivity contribution < 1.29 is 17.9 Å². The maximum Gasteiger partial charge on any atom is 0.243 e. The number of hydrogen-bond donors (Lipinski definition) is 0. The molecule has 2 fully saturated rings. The molecule has 0 aromatic heterocycles. The van der Waals surface area contributed by atoms with Crippen LogP contribution in [-0.2, 0) is 19.6 Å². The normalized spacial score (nSPS) is 28.3. The lowest BCUT2D eigenvalue weighted by atomic mass is 10.1. The zero-order valence-corrected chi connectivity index (χ0v) is 15.8. The van der Waals surface area contributed by atoms with Crippen LogP contribution < -0.4 is 0 Å². The van der Waals surface area contributed by atoms with Gasteiger partial charge in [-0.1, -0.05) is 17.7 Å². The second-order valence-corrected chi connectivity index (χ2v) is 8.98. The number of nitrogens with zero attached hydrogens (tertiary/aromatic N) is 2. The van der Waals surface area contributed by atoms with E-state index in [4.69, 9.17) is 4.74 Å². The topological polar surface area (TPSA) is 66.9 Å². The van der Waals surface area contributed by atoms with E-state index >= 15 is 0 Å². The molecule has 0 unspecified atom stereocenters. The Morgan fingerprint density at radius 1 is 1.12 bits per heavy atom. The van der Waals surface area contributed by atoms with Crippen molar-refractivity contribution >= 4 is 15.9 Å². The third-order valence-electron chi connectivity index (χ3n) is 4.85. The second kappa shape index (κ2) is 7.05. The van der Waals surface area contributed by atoms with E-state index in [1.807, 2.05) is 20.8 Å². The number of aryl methyl sites for hydroxylation is 1. The smallest absolute Gasteiger partial charge is 0.243 e. The van der Waals surface area contributed by atoms with E-state index in [-0.39, 0.29) is 23.0 Å². The molecule has 2 aliphatic rings. The molecule has 0 N–H and O–H groups in total. The van der Waals surface area contributed by atoms with Crippen LogP contribution in [0, 0.1) is 6.92 Å². The predicted octanol–water partition coefficient (Wildman–Crippen LogP) is 1.78. The van der Waals surface area contributed by atoms with Gasteiger partial charge in [0.2, 0.25) is 15.9 Å². The number of rotatable bonds is 3. The van der Waals surface area contributed by atoms with Crippen LogP contribution in [0.1, 0.15) is 32.3 Å². The van der Waals surface area contributed by atoms with Crippen molar-refractivity contribution in [3.63, 3.8) is 0 Å². The van der Waals surface area contributed by atoms with Crippen molar-refractivity contribution in [1.82, 2.24) is 9.21 Å². The number of amides is 1. The molecule has 0 radical (unpaired) electrons. The van der Waals surface area contributed by atoms with Gasteiger partial charge in [-0.25, -0.2) is 8.42 Å². The first-order chi connectivity index (χ1) is 11.8. The van der Waals surface area contributed by atoms with Crippen LogP contribution in [-0.4, -0.2) is 61.4 Å². The lowest BCUT2D eigenvalue weighted by Crippen LogP contribution is -2.54. The van der Waals surface area contributed by atoms with E-state index in [2.05, 4.69) is 0 Å². The van der Waals surface area contributed by atoms with Crippen LogP contribution in [0.15, 0.2) is 29.2 Å². The number of benzene rings is 1. The average molecular weight is 366 g/mol. The van der Waals surface area contributed by atoms with Gasteiger partial charge in [0.25, 0.3) is 0 Å². The average Bonchev–Trinajstić information content (AvgIpc) is 3.04. The standard InChI is InChI=1S/C18H26N2O4S/c1-13-6-8-16(9-7-13)25(22,23)20-10-4-5-17(20)18(21)19-11-14(2)24-15(3)12-19/h6-9,14-15,17H,4-5,10-12H2,1-3H3/t14-,15+,17-/m0/s1. The van der Waals surface area contributed by atoms with Gasteiger partial charge in [-0.3, -0.25) is 4.79 Å².